The van der Waals surface area contributed by atoms with Gasteiger partial charge >= 0.3 is 5.97 Å². The number of halogens is 1. The Morgan fingerprint density at radius 2 is 1.93 bits per heavy atom. The van der Waals surface area contributed by atoms with Crippen molar-refractivity contribution in [1.29, 1.82) is 5.26 Å². The molecule has 0 unspecified atom stereocenters. The Morgan fingerprint density at radius 1 is 1.19 bits per heavy atom. The molecule has 140 valence electrons. The lowest BCUT2D eigenvalue weighted by atomic mass is 10.1. The number of anilines is 1. The summed E-state index contributed by atoms with van der Waals surface area (Å²) in [5.41, 5.74) is 1.22. The molecule has 7 heteroatoms. The highest BCUT2D eigenvalue weighted by molar-refractivity contribution is 6.30. The lowest BCUT2D eigenvalue weighted by Crippen LogP contribution is -2.35. The van der Waals surface area contributed by atoms with E-state index >= 15 is 0 Å². The van der Waals surface area contributed by atoms with Crippen LogP contribution in [-0.2, 0) is 20.7 Å². The third-order valence-corrected chi connectivity index (χ3v) is 3.99. The van der Waals surface area contributed by atoms with Crippen molar-refractivity contribution in [2.24, 2.45) is 0 Å². The molecule has 2 rings (SSSR count). The maximum absolute atomic E-state index is 12.5. The fraction of sp³-hybridized carbons (Fsp3) is 0.250. The highest BCUT2D eigenvalue weighted by Gasteiger charge is 2.18. The average Bonchev–Trinajstić information content (AvgIpc) is 2.67. The molecule has 0 fully saturated rings. The average molecular weight is 387 g/mol. The van der Waals surface area contributed by atoms with Crippen molar-refractivity contribution < 1.29 is 19.1 Å². The van der Waals surface area contributed by atoms with Crippen LogP contribution in [0.1, 0.15) is 12.0 Å². The third-order valence-electron chi connectivity index (χ3n) is 3.75. The highest BCUT2D eigenvalue weighted by Crippen LogP contribution is 2.23. The number of hydrogen-bond donors (Lipinski definition) is 0. The summed E-state index contributed by atoms with van der Waals surface area (Å²) in [6.45, 7) is -0.193. The molecule has 0 bridgehead atoms. The summed E-state index contributed by atoms with van der Waals surface area (Å²) in [4.78, 5) is 26.0. The number of hydrogen-bond acceptors (Lipinski definition) is 5. The molecule has 0 atom stereocenters. The van der Waals surface area contributed by atoms with E-state index in [1.54, 1.807) is 42.5 Å². The van der Waals surface area contributed by atoms with E-state index in [4.69, 9.17) is 26.3 Å². The van der Waals surface area contributed by atoms with E-state index in [0.29, 0.717) is 22.0 Å². The number of nitriles is 1. The van der Waals surface area contributed by atoms with Crippen LogP contribution in [0, 0.1) is 11.3 Å². The van der Waals surface area contributed by atoms with Gasteiger partial charge in [0, 0.05) is 22.8 Å². The van der Waals surface area contributed by atoms with Gasteiger partial charge in [0.1, 0.15) is 5.75 Å². The van der Waals surface area contributed by atoms with Gasteiger partial charge in [-0.05, 0) is 30.3 Å². The summed E-state index contributed by atoms with van der Waals surface area (Å²) < 4.78 is 10.3. The summed E-state index contributed by atoms with van der Waals surface area (Å²) in [6, 6.07) is 15.9. The van der Waals surface area contributed by atoms with Crippen molar-refractivity contribution in [3.05, 3.63) is 59.1 Å². The summed E-state index contributed by atoms with van der Waals surface area (Å²) in [5.74, 6) is -0.456. The van der Waals surface area contributed by atoms with E-state index in [-0.39, 0.29) is 19.4 Å². The molecule has 0 saturated heterocycles. The largest absolute Gasteiger partial charge is 0.496 e. The fourth-order valence-corrected chi connectivity index (χ4v) is 2.67. The first-order chi connectivity index (χ1) is 13.0. The Balaban J connectivity index is 1.99. The third kappa shape index (κ3) is 6.01. The number of para-hydroxylation sites is 1. The van der Waals surface area contributed by atoms with Gasteiger partial charge in [0.25, 0.3) is 5.91 Å². The number of benzene rings is 2. The maximum atomic E-state index is 12.5. The van der Waals surface area contributed by atoms with Gasteiger partial charge in [-0.15, -0.1) is 0 Å². The number of ether oxygens (including phenoxy) is 2. The van der Waals surface area contributed by atoms with Gasteiger partial charge in [0.05, 0.1) is 26.0 Å². The van der Waals surface area contributed by atoms with Gasteiger partial charge < -0.3 is 14.4 Å². The standard InChI is InChI=1S/C20H19ClN2O4/c1-26-18-9-8-16(21)12-15(18)13-20(25)27-14-19(24)23(11-5-10-22)17-6-3-2-4-7-17/h2-4,6-9,12H,5,11,13-14H2,1H3. The van der Waals surface area contributed by atoms with E-state index in [0.717, 1.165) is 0 Å². The zero-order valence-corrected chi connectivity index (χ0v) is 15.6. The SMILES string of the molecule is COc1ccc(Cl)cc1CC(=O)OCC(=O)N(CCC#N)c1ccccc1. The number of amides is 1. The predicted octanol–water partition coefficient (Wildman–Crippen LogP) is 3.38. The lowest BCUT2D eigenvalue weighted by Gasteiger charge is -2.21. The minimum Gasteiger partial charge on any atom is -0.496 e. The first-order valence-electron chi connectivity index (χ1n) is 8.25. The van der Waals surface area contributed by atoms with Gasteiger partial charge in [0.15, 0.2) is 6.61 Å². The molecule has 0 aliphatic carbocycles. The molecular formula is C20H19ClN2O4. The summed E-state index contributed by atoms with van der Waals surface area (Å²) >= 11 is 5.95. The van der Waals surface area contributed by atoms with Crippen LogP contribution in [0.3, 0.4) is 0 Å². The lowest BCUT2D eigenvalue weighted by molar-refractivity contribution is -0.147. The Labute approximate surface area is 162 Å². The van der Waals surface area contributed by atoms with Gasteiger partial charge in [-0.3, -0.25) is 9.59 Å². The molecule has 0 N–H and O–H groups in total. The van der Waals surface area contributed by atoms with Crippen molar-refractivity contribution in [1.82, 2.24) is 0 Å². The topological polar surface area (TPSA) is 79.6 Å². The quantitative estimate of drug-likeness (QED) is 0.650. The molecular weight excluding hydrogens is 368 g/mol. The number of nitrogens with zero attached hydrogens (tertiary/aromatic N) is 2. The number of rotatable bonds is 8. The molecule has 2 aromatic rings. The molecule has 2 aromatic carbocycles. The van der Waals surface area contributed by atoms with Gasteiger partial charge in [-0.2, -0.15) is 5.26 Å². The molecule has 1 amide bonds. The molecule has 0 aliphatic heterocycles. The van der Waals surface area contributed by atoms with Crippen LogP contribution >= 0.6 is 11.6 Å². The molecule has 0 heterocycles. The van der Waals surface area contributed by atoms with E-state index in [1.165, 1.54) is 12.0 Å². The normalized spacial score (nSPS) is 9.96. The maximum Gasteiger partial charge on any atom is 0.310 e. The van der Waals surface area contributed by atoms with Crippen LogP contribution in [0.25, 0.3) is 0 Å². The smallest absolute Gasteiger partial charge is 0.310 e. The Hall–Kier alpha value is -3.04. The monoisotopic (exact) mass is 386 g/mol. The van der Waals surface area contributed by atoms with Crippen molar-refractivity contribution >= 4 is 29.2 Å². The van der Waals surface area contributed by atoms with Crippen molar-refractivity contribution in [3.8, 4) is 11.8 Å². The minimum absolute atomic E-state index is 0.0689. The highest BCUT2D eigenvalue weighted by atomic mass is 35.5. The second-order valence-electron chi connectivity index (χ2n) is 5.58. The molecule has 0 spiro atoms. The van der Waals surface area contributed by atoms with Crippen molar-refractivity contribution in [2.75, 3.05) is 25.2 Å². The first kappa shape index (κ1) is 20.3. The Morgan fingerprint density at radius 3 is 2.59 bits per heavy atom. The Kier molecular flexibility index (Phi) is 7.65. The van der Waals surface area contributed by atoms with Crippen LogP contribution < -0.4 is 9.64 Å². The summed E-state index contributed by atoms with van der Waals surface area (Å²) in [6.07, 6.45) is 0.106. The van der Waals surface area contributed by atoms with E-state index in [2.05, 4.69) is 0 Å². The van der Waals surface area contributed by atoms with Crippen LogP contribution in [0.5, 0.6) is 5.75 Å². The zero-order valence-electron chi connectivity index (χ0n) is 14.9. The van der Waals surface area contributed by atoms with Crippen molar-refractivity contribution in [3.63, 3.8) is 0 Å². The number of carbonyl (C=O) groups excluding carboxylic acids is 2. The Bertz CT molecular complexity index is 834. The molecule has 6 nitrogen and oxygen atoms in total. The summed E-state index contributed by atoms with van der Waals surface area (Å²) in [5, 5.41) is 9.28. The summed E-state index contributed by atoms with van der Waals surface area (Å²) in [7, 11) is 1.49. The molecule has 0 aliphatic rings. The molecule has 0 saturated carbocycles. The van der Waals surface area contributed by atoms with Gasteiger partial charge in [0.2, 0.25) is 0 Å². The molecule has 27 heavy (non-hydrogen) atoms. The number of methoxy groups -OCH3 is 1. The van der Waals surface area contributed by atoms with Gasteiger partial charge in [-0.1, -0.05) is 29.8 Å². The number of esters is 1. The predicted molar refractivity (Wildman–Crippen MR) is 102 cm³/mol. The van der Waals surface area contributed by atoms with Gasteiger partial charge in [-0.25, -0.2) is 0 Å². The minimum atomic E-state index is -0.572. The van der Waals surface area contributed by atoms with Crippen LogP contribution in [0.4, 0.5) is 5.69 Å². The first-order valence-corrected chi connectivity index (χ1v) is 8.63. The molecule has 0 radical (unpaired) electrons. The van der Waals surface area contributed by atoms with E-state index in [1.807, 2.05) is 12.1 Å². The fourth-order valence-electron chi connectivity index (χ4n) is 2.48. The molecule has 0 aromatic heterocycles. The van der Waals surface area contributed by atoms with Crippen LogP contribution in [0.2, 0.25) is 5.02 Å². The van der Waals surface area contributed by atoms with Crippen LogP contribution in [0.15, 0.2) is 48.5 Å². The second kappa shape index (κ2) is 10.2. The number of carbonyl (C=O) groups is 2. The van der Waals surface area contributed by atoms with Crippen molar-refractivity contribution in [2.45, 2.75) is 12.8 Å². The van der Waals surface area contributed by atoms with Crippen LogP contribution in [-0.4, -0.2) is 32.1 Å². The van der Waals surface area contributed by atoms with E-state index < -0.39 is 18.5 Å². The second-order valence-corrected chi connectivity index (χ2v) is 6.02. The zero-order chi connectivity index (χ0) is 19.6. The van der Waals surface area contributed by atoms with E-state index in [9.17, 15) is 9.59 Å².